The zero-order chi connectivity index (χ0) is 14.7. The van der Waals surface area contributed by atoms with E-state index < -0.39 is 0 Å². The van der Waals surface area contributed by atoms with Crippen molar-refractivity contribution in [2.45, 2.75) is 0 Å². The number of carbonyl (C=O) groups is 1. The van der Waals surface area contributed by atoms with E-state index in [0.717, 1.165) is 0 Å². The molecule has 21 heavy (non-hydrogen) atoms. The molecule has 0 saturated heterocycles. The molecule has 7 nitrogen and oxygen atoms in total. The highest BCUT2D eigenvalue weighted by atomic mass is 16.1. The van der Waals surface area contributed by atoms with Gasteiger partial charge in [-0.15, -0.1) is 0 Å². The minimum absolute atomic E-state index is 0.238. The van der Waals surface area contributed by atoms with Crippen LogP contribution in [0, 0.1) is 0 Å². The van der Waals surface area contributed by atoms with Crippen molar-refractivity contribution in [2.24, 2.45) is 0 Å². The number of anilines is 2. The van der Waals surface area contributed by atoms with Crippen molar-refractivity contribution >= 4 is 17.3 Å². The number of hydrogen-bond donors (Lipinski definition) is 2. The molecule has 1 aromatic carbocycles. The fraction of sp³-hybridized carbons (Fsp3) is 0. The van der Waals surface area contributed by atoms with Gasteiger partial charge >= 0.3 is 0 Å². The van der Waals surface area contributed by atoms with Crippen molar-refractivity contribution in [1.82, 2.24) is 19.7 Å². The second kappa shape index (κ2) is 5.41. The van der Waals surface area contributed by atoms with Gasteiger partial charge in [-0.1, -0.05) is 6.07 Å². The summed E-state index contributed by atoms with van der Waals surface area (Å²) < 4.78 is 1.53. The number of amides is 1. The average molecular weight is 280 g/mol. The van der Waals surface area contributed by atoms with Gasteiger partial charge in [0.15, 0.2) is 5.82 Å². The Labute approximate surface area is 120 Å². The van der Waals surface area contributed by atoms with Gasteiger partial charge in [0.1, 0.15) is 12.7 Å². The Morgan fingerprint density at radius 1 is 1.24 bits per heavy atom. The number of nitrogens with one attached hydrogen (secondary N) is 1. The van der Waals surface area contributed by atoms with Crippen LogP contribution in [0.3, 0.4) is 0 Å². The molecular formula is C14H12N6O. The van der Waals surface area contributed by atoms with Crippen LogP contribution in [-0.2, 0) is 0 Å². The molecule has 3 rings (SSSR count). The smallest absolute Gasteiger partial charge is 0.255 e. The van der Waals surface area contributed by atoms with Crippen LogP contribution in [-0.4, -0.2) is 25.7 Å². The third kappa shape index (κ3) is 2.86. The highest BCUT2D eigenvalue weighted by Crippen LogP contribution is 2.12. The Hall–Kier alpha value is -3.22. The molecule has 0 atom stereocenters. The maximum absolute atomic E-state index is 12.1. The minimum Gasteiger partial charge on any atom is -0.399 e. The van der Waals surface area contributed by atoms with E-state index >= 15 is 0 Å². The van der Waals surface area contributed by atoms with Crippen molar-refractivity contribution in [3.63, 3.8) is 0 Å². The van der Waals surface area contributed by atoms with E-state index in [4.69, 9.17) is 5.73 Å². The molecule has 0 aliphatic rings. The first-order valence-corrected chi connectivity index (χ1v) is 6.20. The number of rotatable bonds is 3. The minimum atomic E-state index is -0.238. The highest BCUT2D eigenvalue weighted by Gasteiger charge is 2.07. The van der Waals surface area contributed by atoms with Crippen LogP contribution >= 0.6 is 0 Å². The SMILES string of the molecule is Nc1cccc(C(=O)Nc2ccc(-n3cncn3)nc2)c1. The van der Waals surface area contributed by atoms with Crippen LogP contribution in [0.5, 0.6) is 0 Å². The highest BCUT2D eigenvalue weighted by molar-refractivity contribution is 6.04. The molecule has 0 aliphatic carbocycles. The predicted molar refractivity (Wildman–Crippen MR) is 78.0 cm³/mol. The Balaban J connectivity index is 1.75. The van der Waals surface area contributed by atoms with E-state index in [1.807, 2.05) is 0 Å². The third-order valence-corrected chi connectivity index (χ3v) is 2.81. The number of benzene rings is 1. The van der Waals surface area contributed by atoms with Crippen LogP contribution in [0.25, 0.3) is 5.82 Å². The summed E-state index contributed by atoms with van der Waals surface area (Å²) in [5, 5.41) is 6.73. The molecule has 0 radical (unpaired) electrons. The van der Waals surface area contributed by atoms with Crippen molar-refractivity contribution in [1.29, 1.82) is 0 Å². The van der Waals surface area contributed by atoms with Gasteiger partial charge in [-0.3, -0.25) is 4.79 Å². The maximum atomic E-state index is 12.1. The first-order chi connectivity index (χ1) is 10.2. The molecule has 0 unspecified atom stereocenters. The number of carbonyl (C=O) groups excluding carboxylic acids is 1. The normalized spacial score (nSPS) is 10.3. The van der Waals surface area contributed by atoms with Crippen LogP contribution in [0.15, 0.2) is 55.2 Å². The monoisotopic (exact) mass is 280 g/mol. The number of nitrogen functional groups attached to an aromatic ring is 1. The molecule has 104 valence electrons. The molecule has 0 spiro atoms. The van der Waals surface area contributed by atoms with Gasteiger partial charge in [0.2, 0.25) is 0 Å². The number of aromatic nitrogens is 4. The van der Waals surface area contributed by atoms with E-state index in [-0.39, 0.29) is 5.91 Å². The van der Waals surface area contributed by atoms with Crippen LogP contribution in [0.2, 0.25) is 0 Å². The van der Waals surface area contributed by atoms with Crippen LogP contribution in [0.1, 0.15) is 10.4 Å². The van der Waals surface area contributed by atoms with E-state index in [9.17, 15) is 4.79 Å². The zero-order valence-corrected chi connectivity index (χ0v) is 11.0. The lowest BCUT2D eigenvalue weighted by atomic mass is 10.2. The molecule has 3 N–H and O–H groups in total. The molecule has 0 aliphatic heterocycles. The Bertz CT molecular complexity index is 751. The fourth-order valence-electron chi connectivity index (χ4n) is 1.81. The van der Waals surface area contributed by atoms with E-state index in [1.54, 1.807) is 48.9 Å². The van der Waals surface area contributed by atoms with Gasteiger partial charge < -0.3 is 11.1 Å². The number of nitrogens with zero attached hydrogens (tertiary/aromatic N) is 4. The van der Waals surface area contributed by atoms with Gasteiger partial charge in [0.05, 0.1) is 11.9 Å². The molecule has 0 bridgehead atoms. The first-order valence-electron chi connectivity index (χ1n) is 6.20. The predicted octanol–water partition coefficient (Wildman–Crippen LogP) is 1.50. The van der Waals surface area contributed by atoms with Crippen LogP contribution < -0.4 is 11.1 Å². The summed E-state index contributed by atoms with van der Waals surface area (Å²) >= 11 is 0. The summed E-state index contributed by atoms with van der Waals surface area (Å²) in [5.74, 6) is 0.382. The number of pyridine rings is 1. The molecular weight excluding hydrogens is 268 g/mol. The molecule has 2 aromatic heterocycles. The lowest BCUT2D eigenvalue weighted by Crippen LogP contribution is -2.12. The van der Waals surface area contributed by atoms with Crippen LogP contribution in [0.4, 0.5) is 11.4 Å². The standard InChI is InChI=1S/C14H12N6O/c15-11-3-1-2-10(6-11)14(21)19-12-4-5-13(17-7-12)20-9-16-8-18-20/h1-9H,15H2,(H,19,21). The number of hydrogen-bond acceptors (Lipinski definition) is 5. The molecule has 1 amide bonds. The van der Waals surface area contributed by atoms with Crippen molar-refractivity contribution in [3.8, 4) is 5.82 Å². The Morgan fingerprint density at radius 3 is 2.81 bits per heavy atom. The Morgan fingerprint density at radius 2 is 2.14 bits per heavy atom. The van der Waals surface area contributed by atoms with E-state index in [2.05, 4.69) is 20.4 Å². The van der Waals surface area contributed by atoms with Crippen molar-refractivity contribution < 1.29 is 4.79 Å². The van der Waals surface area contributed by atoms with Gasteiger partial charge in [0.25, 0.3) is 5.91 Å². The van der Waals surface area contributed by atoms with E-state index in [0.29, 0.717) is 22.8 Å². The lowest BCUT2D eigenvalue weighted by Gasteiger charge is -2.06. The molecule has 2 heterocycles. The molecule has 3 aromatic rings. The topological polar surface area (TPSA) is 98.7 Å². The molecule has 0 fully saturated rings. The molecule has 0 saturated carbocycles. The summed E-state index contributed by atoms with van der Waals surface area (Å²) in [7, 11) is 0. The molecule has 7 heteroatoms. The van der Waals surface area contributed by atoms with Gasteiger partial charge in [-0.2, -0.15) is 5.10 Å². The largest absolute Gasteiger partial charge is 0.399 e. The summed E-state index contributed by atoms with van der Waals surface area (Å²) in [4.78, 5) is 20.1. The summed E-state index contributed by atoms with van der Waals surface area (Å²) in [5.41, 5.74) is 7.28. The third-order valence-electron chi connectivity index (χ3n) is 2.81. The quantitative estimate of drug-likeness (QED) is 0.708. The van der Waals surface area contributed by atoms with Crippen molar-refractivity contribution in [3.05, 3.63) is 60.8 Å². The number of nitrogens with two attached hydrogens (primary N) is 1. The second-order valence-electron chi connectivity index (χ2n) is 4.32. The maximum Gasteiger partial charge on any atom is 0.255 e. The van der Waals surface area contributed by atoms with Gasteiger partial charge in [0, 0.05) is 11.3 Å². The second-order valence-corrected chi connectivity index (χ2v) is 4.32. The lowest BCUT2D eigenvalue weighted by molar-refractivity contribution is 0.102. The van der Waals surface area contributed by atoms with E-state index in [1.165, 1.54) is 11.0 Å². The fourth-order valence-corrected chi connectivity index (χ4v) is 1.81. The van der Waals surface area contributed by atoms with Gasteiger partial charge in [-0.05, 0) is 30.3 Å². The first kappa shape index (κ1) is 12.8. The zero-order valence-electron chi connectivity index (χ0n) is 11.0. The summed E-state index contributed by atoms with van der Waals surface area (Å²) in [6.45, 7) is 0. The van der Waals surface area contributed by atoms with Crippen molar-refractivity contribution in [2.75, 3.05) is 11.1 Å². The summed E-state index contributed by atoms with van der Waals surface area (Å²) in [6.07, 6.45) is 4.53. The average Bonchev–Trinajstić information content (AvgIpc) is 3.02. The Kier molecular flexibility index (Phi) is 3.30. The summed E-state index contributed by atoms with van der Waals surface area (Å²) in [6, 6.07) is 10.3. The van der Waals surface area contributed by atoms with Gasteiger partial charge in [-0.25, -0.2) is 14.6 Å².